The van der Waals surface area contributed by atoms with Crippen LogP contribution in [0.2, 0.25) is 0 Å². The summed E-state index contributed by atoms with van der Waals surface area (Å²) in [5.41, 5.74) is 1.50. The standard InChI is InChI=1S/C17H21IO/c1-19-16-9-14(18)2-3-15(16)17-12-5-10-4-11(7-12)8-13(17)6-10/h2-3,9-13,17H,4-8H2,1H3. The first-order chi connectivity index (χ1) is 9.24. The Morgan fingerprint density at radius 3 is 2.21 bits per heavy atom. The van der Waals surface area contributed by atoms with Crippen LogP contribution in [0.1, 0.15) is 43.6 Å². The van der Waals surface area contributed by atoms with E-state index in [0.29, 0.717) is 0 Å². The molecule has 0 unspecified atom stereocenters. The quantitative estimate of drug-likeness (QED) is 0.679. The minimum absolute atomic E-state index is 0.778. The fraction of sp³-hybridized carbons (Fsp3) is 0.647. The van der Waals surface area contributed by atoms with E-state index in [9.17, 15) is 0 Å². The van der Waals surface area contributed by atoms with E-state index in [1.807, 2.05) is 7.11 Å². The van der Waals surface area contributed by atoms with Gasteiger partial charge in [0.1, 0.15) is 5.75 Å². The zero-order valence-electron chi connectivity index (χ0n) is 11.4. The molecule has 0 aliphatic heterocycles. The Bertz CT molecular complexity index is 468. The first kappa shape index (κ1) is 12.5. The van der Waals surface area contributed by atoms with Crippen LogP contribution in [-0.4, -0.2) is 7.11 Å². The molecule has 2 heteroatoms. The number of rotatable bonds is 2. The Morgan fingerprint density at radius 1 is 1.00 bits per heavy atom. The van der Waals surface area contributed by atoms with Gasteiger partial charge in [0.25, 0.3) is 0 Å². The van der Waals surface area contributed by atoms with Crippen LogP contribution in [0.5, 0.6) is 5.75 Å². The highest BCUT2D eigenvalue weighted by Crippen LogP contribution is 2.60. The van der Waals surface area contributed by atoms with Crippen molar-refractivity contribution < 1.29 is 4.74 Å². The summed E-state index contributed by atoms with van der Waals surface area (Å²) in [5.74, 6) is 5.88. The van der Waals surface area contributed by atoms with Gasteiger partial charge in [0.2, 0.25) is 0 Å². The largest absolute Gasteiger partial charge is 0.496 e. The maximum atomic E-state index is 5.68. The predicted molar refractivity (Wildman–Crippen MR) is 85.5 cm³/mol. The molecule has 0 heterocycles. The van der Waals surface area contributed by atoms with E-state index in [2.05, 4.69) is 40.8 Å². The van der Waals surface area contributed by atoms with Crippen LogP contribution in [0.3, 0.4) is 0 Å². The summed E-state index contributed by atoms with van der Waals surface area (Å²) in [6.45, 7) is 0. The van der Waals surface area contributed by atoms with E-state index in [1.165, 1.54) is 41.2 Å². The van der Waals surface area contributed by atoms with E-state index in [1.54, 1.807) is 0 Å². The van der Waals surface area contributed by atoms with Crippen molar-refractivity contribution in [3.63, 3.8) is 0 Å². The van der Waals surface area contributed by atoms with Gasteiger partial charge < -0.3 is 4.74 Å². The maximum Gasteiger partial charge on any atom is 0.123 e. The Labute approximate surface area is 129 Å². The summed E-state index contributed by atoms with van der Waals surface area (Å²) in [6.07, 6.45) is 7.45. The van der Waals surface area contributed by atoms with E-state index >= 15 is 0 Å². The molecule has 19 heavy (non-hydrogen) atoms. The van der Waals surface area contributed by atoms with Crippen molar-refractivity contribution >= 4 is 22.6 Å². The molecule has 5 rings (SSSR count). The monoisotopic (exact) mass is 368 g/mol. The van der Waals surface area contributed by atoms with Gasteiger partial charge >= 0.3 is 0 Å². The summed E-state index contributed by atoms with van der Waals surface area (Å²) in [4.78, 5) is 0. The molecule has 4 bridgehead atoms. The molecule has 4 aliphatic carbocycles. The van der Waals surface area contributed by atoms with Crippen LogP contribution >= 0.6 is 22.6 Å². The summed E-state index contributed by atoms with van der Waals surface area (Å²) in [7, 11) is 1.82. The molecule has 0 N–H and O–H groups in total. The van der Waals surface area contributed by atoms with E-state index in [0.717, 1.165) is 35.3 Å². The highest BCUT2D eigenvalue weighted by atomic mass is 127. The van der Waals surface area contributed by atoms with Crippen LogP contribution in [0.15, 0.2) is 18.2 Å². The second kappa shape index (κ2) is 4.64. The number of halogens is 1. The van der Waals surface area contributed by atoms with Crippen molar-refractivity contribution in [1.29, 1.82) is 0 Å². The average Bonchev–Trinajstić information content (AvgIpc) is 2.39. The molecule has 0 saturated heterocycles. The lowest BCUT2D eigenvalue weighted by Crippen LogP contribution is -2.43. The van der Waals surface area contributed by atoms with E-state index < -0.39 is 0 Å². The van der Waals surface area contributed by atoms with E-state index in [-0.39, 0.29) is 0 Å². The molecule has 0 atom stereocenters. The predicted octanol–water partition coefficient (Wildman–Crippen LogP) is 4.84. The van der Waals surface area contributed by atoms with Gasteiger partial charge in [-0.2, -0.15) is 0 Å². The second-order valence-electron chi connectivity index (χ2n) is 6.84. The Balaban J connectivity index is 1.72. The number of methoxy groups -OCH3 is 1. The Kier molecular flexibility index (Phi) is 3.05. The highest BCUT2D eigenvalue weighted by Gasteiger charge is 2.49. The van der Waals surface area contributed by atoms with Crippen LogP contribution in [0.4, 0.5) is 0 Å². The molecule has 0 spiro atoms. The van der Waals surface area contributed by atoms with Crippen LogP contribution in [0.25, 0.3) is 0 Å². The summed E-state index contributed by atoms with van der Waals surface area (Å²) in [6, 6.07) is 6.80. The van der Waals surface area contributed by atoms with Crippen molar-refractivity contribution in [1.82, 2.24) is 0 Å². The minimum atomic E-state index is 0.778. The van der Waals surface area contributed by atoms with Gasteiger partial charge in [-0.3, -0.25) is 0 Å². The molecule has 1 aromatic rings. The van der Waals surface area contributed by atoms with Crippen LogP contribution in [-0.2, 0) is 0 Å². The molecule has 102 valence electrons. The first-order valence-electron chi connectivity index (χ1n) is 7.58. The van der Waals surface area contributed by atoms with Crippen LogP contribution in [0, 0.1) is 27.2 Å². The zero-order valence-corrected chi connectivity index (χ0v) is 13.6. The molecule has 1 aromatic carbocycles. The lowest BCUT2D eigenvalue weighted by Gasteiger charge is -2.54. The number of hydrogen-bond donors (Lipinski definition) is 0. The van der Waals surface area contributed by atoms with Crippen molar-refractivity contribution in [3.05, 3.63) is 27.3 Å². The van der Waals surface area contributed by atoms with Crippen molar-refractivity contribution in [2.75, 3.05) is 7.11 Å². The van der Waals surface area contributed by atoms with Gasteiger partial charge in [-0.05, 0) is 102 Å². The molecule has 4 fully saturated rings. The minimum Gasteiger partial charge on any atom is -0.496 e. The average molecular weight is 368 g/mol. The van der Waals surface area contributed by atoms with Gasteiger partial charge in [-0.15, -0.1) is 0 Å². The van der Waals surface area contributed by atoms with Crippen LogP contribution < -0.4 is 4.74 Å². The lowest BCUT2D eigenvalue weighted by atomic mass is 9.50. The topological polar surface area (TPSA) is 9.23 Å². The van der Waals surface area contributed by atoms with Crippen molar-refractivity contribution in [2.45, 2.75) is 38.0 Å². The second-order valence-corrected chi connectivity index (χ2v) is 8.09. The van der Waals surface area contributed by atoms with Gasteiger partial charge in [0.15, 0.2) is 0 Å². The molecule has 0 radical (unpaired) electrons. The summed E-state index contributed by atoms with van der Waals surface area (Å²) in [5, 5.41) is 0. The van der Waals surface area contributed by atoms with Gasteiger partial charge in [-0.1, -0.05) is 6.07 Å². The van der Waals surface area contributed by atoms with Gasteiger partial charge in [-0.25, -0.2) is 0 Å². The van der Waals surface area contributed by atoms with Gasteiger partial charge in [0.05, 0.1) is 7.11 Å². The maximum absolute atomic E-state index is 5.68. The Morgan fingerprint density at radius 2 is 1.63 bits per heavy atom. The third-order valence-corrected chi connectivity index (χ3v) is 6.45. The van der Waals surface area contributed by atoms with Crippen molar-refractivity contribution in [3.8, 4) is 5.75 Å². The number of benzene rings is 1. The molecule has 4 aliphatic rings. The van der Waals surface area contributed by atoms with E-state index in [4.69, 9.17) is 4.74 Å². The number of hydrogen-bond acceptors (Lipinski definition) is 1. The molecular formula is C17H21IO. The third kappa shape index (κ3) is 2.01. The molecule has 0 amide bonds. The van der Waals surface area contributed by atoms with Crippen molar-refractivity contribution in [2.24, 2.45) is 23.7 Å². The molecule has 1 nitrogen and oxygen atoms in total. The fourth-order valence-electron chi connectivity index (χ4n) is 5.39. The summed E-state index contributed by atoms with van der Waals surface area (Å²) >= 11 is 2.38. The SMILES string of the molecule is COc1cc(I)ccc1C1C2CC3CC(C2)CC1C3. The highest BCUT2D eigenvalue weighted by molar-refractivity contribution is 14.1. The zero-order chi connectivity index (χ0) is 13.0. The molecule has 0 aromatic heterocycles. The normalized spacial score (nSPS) is 39.6. The smallest absolute Gasteiger partial charge is 0.123 e. The fourth-order valence-corrected chi connectivity index (χ4v) is 5.86. The lowest BCUT2D eigenvalue weighted by molar-refractivity contribution is -0.00347. The third-order valence-electron chi connectivity index (χ3n) is 5.78. The van der Waals surface area contributed by atoms with Gasteiger partial charge in [0, 0.05) is 3.57 Å². The molecule has 4 saturated carbocycles. The summed E-state index contributed by atoms with van der Waals surface area (Å²) < 4.78 is 6.96. The number of ether oxygens (including phenoxy) is 1. The Hall–Kier alpha value is -0.250. The molecular weight excluding hydrogens is 347 g/mol. The first-order valence-corrected chi connectivity index (χ1v) is 8.66.